The summed E-state index contributed by atoms with van der Waals surface area (Å²) in [5.41, 5.74) is 0.753. The molecule has 23 heavy (non-hydrogen) atoms. The number of hydrazone groups is 1. The lowest BCUT2D eigenvalue weighted by molar-refractivity contribution is -0.131. The van der Waals surface area contributed by atoms with Gasteiger partial charge in [-0.15, -0.1) is 0 Å². The fourth-order valence-corrected chi connectivity index (χ4v) is 3.39. The first-order valence-corrected chi connectivity index (χ1v) is 8.34. The van der Waals surface area contributed by atoms with E-state index < -0.39 is 0 Å². The Labute approximate surface area is 141 Å². The summed E-state index contributed by atoms with van der Waals surface area (Å²) in [6.07, 6.45) is 6.55. The average Bonchev–Trinajstić information content (AvgIpc) is 3.26. The third-order valence-electron chi connectivity index (χ3n) is 3.75. The first-order chi connectivity index (χ1) is 11.2. The van der Waals surface area contributed by atoms with E-state index in [9.17, 15) is 4.79 Å². The van der Waals surface area contributed by atoms with Crippen LogP contribution in [0.1, 0.15) is 12.2 Å². The van der Waals surface area contributed by atoms with E-state index in [4.69, 9.17) is 16.0 Å². The molecule has 0 N–H and O–H groups in total. The van der Waals surface area contributed by atoms with E-state index in [0.29, 0.717) is 37.0 Å². The van der Waals surface area contributed by atoms with Gasteiger partial charge in [0.2, 0.25) is 0 Å². The summed E-state index contributed by atoms with van der Waals surface area (Å²) in [7, 11) is 0. The smallest absolute Gasteiger partial charge is 0.262 e. The summed E-state index contributed by atoms with van der Waals surface area (Å²) in [5, 5.41) is 7.24. The number of hydrogen-bond acceptors (Lipinski definition) is 6. The first-order valence-electron chi connectivity index (χ1n) is 7.19. The van der Waals surface area contributed by atoms with Gasteiger partial charge in [0.15, 0.2) is 11.0 Å². The number of halogens is 1. The molecule has 0 saturated heterocycles. The number of rotatable bonds is 3. The highest BCUT2D eigenvalue weighted by atomic mass is 35.5. The molecule has 4 heterocycles. The molecule has 0 unspecified atom stereocenters. The van der Waals surface area contributed by atoms with Gasteiger partial charge in [0.05, 0.1) is 17.6 Å². The summed E-state index contributed by atoms with van der Waals surface area (Å²) >= 11 is 7.25. The van der Waals surface area contributed by atoms with E-state index >= 15 is 0 Å². The Balaban J connectivity index is 1.45. The lowest BCUT2D eigenvalue weighted by Crippen LogP contribution is -2.39. The molecule has 0 radical (unpaired) electrons. The van der Waals surface area contributed by atoms with Crippen LogP contribution < -0.4 is 9.75 Å². The van der Waals surface area contributed by atoms with E-state index in [1.807, 2.05) is 17.3 Å². The van der Waals surface area contributed by atoms with E-state index in [0.717, 1.165) is 15.5 Å². The number of hydrogen-bond donors (Lipinski definition) is 0. The zero-order valence-corrected chi connectivity index (χ0v) is 13.7. The maximum Gasteiger partial charge on any atom is 0.262 e. The van der Waals surface area contributed by atoms with Crippen molar-refractivity contribution in [1.82, 2.24) is 14.3 Å². The van der Waals surface area contributed by atoms with Crippen molar-refractivity contribution in [3.8, 4) is 0 Å². The van der Waals surface area contributed by atoms with Crippen molar-refractivity contribution in [2.45, 2.75) is 6.42 Å². The van der Waals surface area contributed by atoms with Crippen LogP contribution in [-0.4, -0.2) is 45.5 Å². The Morgan fingerprint density at radius 2 is 2.35 bits per heavy atom. The number of aromatic nitrogens is 1. The molecule has 0 aliphatic carbocycles. The minimum Gasteiger partial charge on any atom is -0.443 e. The zero-order chi connectivity index (χ0) is 15.8. The Bertz CT molecular complexity index is 901. The number of fused-ring (bicyclic) bond motifs is 1. The topological polar surface area (TPSA) is 61.9 Å². The third-order valence-corrected chi connectivity index (χ3v) is 4.76. The van der Waals surface area contributed by atoms with Crippen LogP contribution in [0.2, 0.25) is 5.22 Å². The Hall–Kier alpha value is -2.12. The Morgan fingerprint density at radius 1 is 1.43 bits per heavy atom. The number of nitrogens with zero attached hydrogens (tertiary/aromatic N) is 4. The van der Waals surface area contributed by atoms with Crippen molar-refractivity contribution in [3.63, 3.8) is 0 Å². The number of carbonyl (C=O) groups excluding carboxylic acids is 1. The fourth-order valence-electron chi connectivity index (χ4n) is 2.60. The molecule has 0 saturated carbocycles. The molecule has 0 spiro atoms. The van der Waals surface area contributed by atoms with Gasteiger partial charge in [0.1, 0.15) is 5.71 Å². The maximum absolute atomic E-state index is 12.4. The number of amides is 1. The Kier molecular flexibility index (Phi) is 3.66. The summed E-state index contributed by atoms with van der Waals surface area (Å²) < 4.78 is 10.7. The lowest BCUT2D eigenvalue weighted by atomic mass is 10.2. The molecule has 2 aromatic heterocycles. The van der Waals surface area contributed by atoms with E-state index in [-0.39, 0.29) is 5.91 Å². The molecule has 2 aliphatic heterocycles. The van der Waals surface area contributed by atoms with Crippen LogP contribution in [0.4, 0.5) is 0 Å². The van der Waals surface area contributed by atoms with Crippen molar-refractivity contribution in [3.05, 3.63) is 39.1 Å². The van der Waals surface area contributed by atoms with Crippen LogP contribution in [0.5, 0.6) is 0 Å². The minimum atomic E-state index is -0.0334. The molecular weight excluding hydrogens is 336 g/mol. The number of carbonyl (C=O) groups is 1. The second-order valence-electron chi connectivity index (χ2n) is 5.33. The van der Waals surface area contributed by atoms with E-state index in [2.05, 4.69) is 15.6 Å². The summed E-state index contributed by atoms with van der Waals surface area (Å²) in [5.74, 6) is 0.589. The van der Waals surface area contributed by atoms with Gasteiger partial charge in [0.25, 0.3) is 5.91 Å². The monoisotopic (exact) mass is 348 g/mol. The van der Waals surface area contributed by atoms with Crippen LogP contribution in [0, 0.1) is 0 Å². The van der Waals surface area contributed by atoms with Crippen molar-refractivity contribution < 1.29 is 9.21 Å². The molecule has 2 aliphatic rings. The number of furan rings is 1. The van der Waals surface area contributed by atoms with Crippen LogP contribution in [-0.2, 0) is 4.79 Å². The minimum absolute atomic E-state index is 0.0334. The van der Waals surface area contributed by atoms with Crippen molar-refractivity contribution >= 4 is 47.0 Å². The lowest BCUT2D eigenvalue weighted by Gasteiger charge is -2.21. The van der Waals surface area contributed by atoms with Gasteiger partial charge in [-0.05, 0) is 41.3 Å². The van der Waals surface area contributed by atoms with Gasteiger partial charge in [0, 0.05) is 30.6 Å². The first kappa shape index (κ1) is 14.5. The van der Waals surface area contributed by atoms with Crippen molar-refractivity contribution in [1.29, 1.82) is 0 Å². The molecule has 0 atom stereocenters. The van der Waals surface area contributed by atoms with Crippen molar-refractivity contribution in [2.24, 2.45) is 5.10 Å². The predicted molar refractivity (Wildman–Crippen MR) is 88.5 cm³/mol. The highest BCUT2D eigenvalue weighted by Gasteiger charge is 2.24. The van der Waals surface area contributed by atoms with Gasteiger partial charge in [-0.25, -0.2) is 5.01 Å². The standard InChI is InChI=1S/C15H13ClN4O2S/c16-14-2-1-12(22-14)11-3-6-20(18-11)15(21)9-19-5-4-13-10(8-19)7-17-23-13/h1-2,4,7-8H,3,5-6,9H2. The average molecular weight is 349 g/mol. The van der Waals surface area contributed by atoms with Crippen LogP contribution in [0.15, 0.2) is 27.8 Å². The summed E-state index contributed by atoms with van der Waals surface area (Å²) in [6, 6.07) is 3.45. The summed E-state index contributed by atoms with van der Waals surface area (Å²) in [4.78, 5) is 14.4. The molecular formula is C15H13ClN4O2S. The second-order valence-corrected chi connectivity index (χ2v) is 6.53. The molecule has 0 aromatic carbocycles. The van der Waals surface area contributed by atoms with Gasteiger partial charge in [-0.2, -0.15) is 9.47 Å². The highest BCUT2D eigenvalue weighted by Crippen LogP contribution is 2.19. The second kappa shape index (κ2) is 5.82. The van der Waals surface area contributed by atoms with Crippen LogP contribution in [0.25, 0.3) is 12.3 Å². The predicted octanol–water partition coefficient (Wildman–Crippen LogP) is 0.860. The van der Waals surface area contributed by atoms with E-state index in [1.165, 1.54) is 16.5 Å². The molecule has 4 rings (SSSR count). The highest BCUT2D eigenvalue weighted by molar-refractivity contribution is 7.03. The zero-order valence-electron chi connectivity index (χ0n) is 12.1. The van der Waals surface area contributed by atoms with Crippen molar-refractivity contribution in [2.75, 3.05) is 19.6 Å². The summed E-state index contributed by atoms with van der Waals surface area (Å²) in [6.45, 7) is 1.57. The normalized spacial score (nSPS) is 16.7. The van der Waals surface area contributed by atoms with Gasteiger partial charge in [-0.1, -0.05) is 0 Å². The third kappa shape index (κ3) is 2.89. The van der Waals surface area contributed by atoms with Crippen LogP contribution in [0.3, 0.4) is 0 Å². The molecule has 0 bridgehead atoms. The van der Waals surface area contributed by atoms with Crippen LogP contribution >= 0.6 is 23.1 Å². The quantitative estimate of drug-likeness (QED) is 0.825. The van der Waals surface area contributed by atoms with E-state index in [1.54, 1.807) is 12.1 Å². The van der Waals surface area contributed by atoms with Gasteiger partial charge < -0.3 is 9.32 Å². The molecule has 1 amide bonds. The molecule has 0 fully saturated rings. The largest absolute Gasteiger partial charge is 0.443 e. The van der Waals surface area contributed by atoms with Gasteiger partial charge in [-0.3, -0.25) is 4.79 Å². The molecule has 118 valence electrons. The SMILES string of the molecule is O=C(CN1C=c2cnsc2=CC1)N1CCC(c2ccc(Cl)o2)=N1. The Morgan fingerprint density at radius 3 is 3.17 bits per heavy atom. The molecule has 2 aromatic rings. The molecule has 8 heteroatoms. The fraction of sp³-hybridized carbons (Fsp3) is 0.267. The maximum atomic E-state index is 12.4. The molecule has 6 nitrogen and oxygen atoms in total. The van der Waals surface area contributed by atoms with Gasteiger partial charge >= 0.3 is 0 Å².